The molecule has 3 aromatic rings. The summed E-state index contributed by atoms with van der Waals surface area (Å²) in [6, 6.07) is 15.5. The van der Waals surface area contributed by atoms with Crippen LogP contribution in [0.4, 0.5) is 0 Å². The van der Waals surface area contributed by atoms with Gasteiger partial charge >= 0.3 is 5.97 Å². The zero-order valence-corrected chi connectivity index (χ0v) is 27.6. The minimum atomic E-state index is -0.638. The van der Waals surface area contributed by atoms with Gasteiger partial charge in [0.15, 0.2) is 34.7 Å². The van der Waals surface area contributed by atoms with Crippen LogP contribution in [0.1, 0.15) is 36.6 Å². The fourth-order valence-electron chi connectivity index (χ4n) is 4.72. The van der Waals surface area contributed by atoms with E-state index >= 15 is 0 Å². The van der Waals surface area contributed by atoms with Gasteiger partial charge in [0.05, 0.1) is 31.5 Å². The second kappa shape index (κ2) is 15.0. The second-order valence-corrected chi connectivity index (χ2v) is 11.2. The molecule has 0 aromatic heterocycles. The van der Waals surface area contributed by atoms with E-state index < -0.39 is 17.9 Å². The number of methoxy groups -OCH3 is 1. The summed E-state index contributed by atoms with van der Waals surface area (Å²) in [5, 5.41) is 10.5. The lowest BCUT2D eigenvalue weighted by Crippen LogP contribution is -2.45. The largest absolute Gasteiger partial charge is 0.493 e. The van der Waals surface area contributed by atoms with E-state index in [1.807, 2.05) is 18.2 Å². The molecule has 12 nitrogen and oxygen atoms in total. The zero-order chi connectivity index (χ0) is 32.6. The molecule has 240 valence electrons. The van der Waals surface area contributed by atoms with Crippen molar-refractivity contribution >= 4 is 51.4 Å². The predicted octanol–water partition coefficient (Wildman–Crippen LogP) is 4.65. The molecule has 1 amide bonds. The minimum absolute atomic E-state index is 0.202. The topological polar surface area (TPSA) is 138 Å². The minimum Gasteiger partial charge on any atom is -0.493 e. The molecule has 0 aliphatic carbocycles. The first kappa shape index (κ1) is 32.6. The van der Waals surface area contributed by atoms with Gasteiger partial charge in [0, 0.05) is 21.3 Å². The highest BCUT2D eigenvalue weighted by atomic mass is 79.9. The molecular formula is C32H31BrN4O8S. The smallest absolute Gasteiger partial charge is 0.338 e. The van der Waals surface area contributed by atoms with Gasteiger partial charge in [-0.25, -0.2) is 10.2 Å². The van der Waals surface area contributed by atoms with E-state index in [-0.39, 0.29) is 26.6 Å². The third-order valence-electron chi connectivity index (χ3n) is 6.86. The van der Waals surface area contributed by atoms with Crippen molar-refractivity contribution in [2.24, 2.45) is 5.10 Å². The lowest BCUT2D eigenvalue weighted by molar-refractivity contribution is -0.139. The number of hydrazone groups is 1. The van der Waals surface area contributed by atoms with E-state index in [1.165, 1.54) is 13.3 Å². The molecule has 0 unspecified atom stereocenters. The molecule has 14 heteroatoms. The fraction of sp³-hybridized carbons (Fsp3) is 0.250. The van der Waals surface area contributed by atoms with Gasteiger partial charge in [-0.05, 0) is 77.9 Å². The number of halogens is 1. The molecule has 1 atom stereocenters. The summed E-state index contributed by atoms with van der Waals surface area (Å²) in [6.07, 6.45) is 1.47. The Balaban J connectivity index is 1.20. The summed E-state index contributed by atoms with van der Waals surface area (Å²) < 4.78 is 34.1. The maximum absolute atomic E-state index is 12.8. The molecule has 5 rings (SSSR count). The van der Waals surface area contributed by atoms with Crippen molar-refractivity contribution in [3.05, 3.63) is 87.0 Å². The number of nitrogens with zero attached hydrogens (tertiary/aromatic N) is 1. The monoisotopic (exact) mass is 710 g/mol. The van der Waals surface area contributed by atoms with E-state index in [9.17, 15) is 9.59 Å². The predicted molar refractivity (Wildman–Crippen MR) is 176 cm³/mol. The van der Waals surface area contributed by atoms with Crippen molar-refractivity contribution in [3.8, 4) is 28.7 Å². The number of carbonyl (C=O) groups is 2. The van der Waals surface area contributed by atoms with E-state index in [2.05, 4.69) is 37.1 Å². The first-order valence-corrected chi connectivity index (χ1v) is 15.3. The standard InChI is InChI=1S/C32H31BrN4O8S/c1-4-41-31(39)29-18(2)35-32(46)36-30(29)21-7-5-6-8-23(21)43-16-28(38)37-34-14-20-12-25(40-3)27(13-22(20)33)42-15-19-9-10-24-26(11-19)45-17-44-24/h5-14,30H,4,15-17H2,1-3H3,(H,37,38)(H2,35,36,46)/t30-/m1/s1. The summed E-state index contributed by atoms with van der Waals surface area (Å²) in [7, 11) is 1.54. The van der Waals surface area contributed by atoms with Crippen LogP contribution in [0.3, 0.4) is 0 Å². The van der Waals surface area contributed by atoms with Gasteiger partial charge in [-0.1, -0.05) is 24.3 Å². The quantitative estimate of drug-likeness (QED) is 0.105. The van der Waals surface area contributed by atoms with Crippen molar-refractivity contribution in [2.45, 2.75) is 26.5 Å². The Labute approximate surface area is 279 Å². The number of benzene rings is 3. The molecule has 0 fully saturated rings. The van der Waals surface area contributed by atoms with Crippen LogP contribution in [0, 0.1) is 0 Å². The van der Waals surface area contributed by atoms with E-state index in [4.69, 9.17) is 40.6 Å². The van der Waals surface area contributed by atoms with Gasteiger partial charge in [-0.15, -0.1) is 0 Å². The number of thiocarbonyl (C=S) groups is 1. The van der Waals surface area contributed by atoms with Gasteiger partial charge in [-0.3, -0.25) is 4.79 Å². The van der Waals surface area contributed by atoms with Gasteiger partial charge in [-0.2, -0.15) is 5.10 Å². The lowest BCUT2D eigenvalue weighted by atomic mass is 9.95. The van der Waals surface area contributed by atoms with E-state index in [0.717, 1.165) is 5.56 Å². The van der Waals surface area contributed by atoms with Crippen LogP contribution in [0.2, 0.25) is 0 Å². The van der Waals surface area contributed by atoms with E-state index in [1.54, 1.807) is 50.2 Å². The average molecular weight is 712 g/mol. The summed E-state index contributed by atoms with van der Waals surface area (Å²) in [6.45, 7) is 3.85. The van der Waals surface area contributed by atoms with Crippen molar-refractivity contribution in [2.75, 3.05) is 27.1 Å². The fourth-order valence-corrected chi connectivity index (χ4v) is 5.42. The van der Waals surface area contributed by atoms with Gasteiger partial charge in [0.25, 0.3) is 5.91 Å². The van der Waals surface area contributed by atoms with Gasteiger partial charge in [0.1, 0.15) is 12.4 Å². The maximum Gasteiger partial charge on any atom is 0.338 e. The number of ether oxygens (including phenoxy) is 6. The van der Waals surface area contributed by atoms with Crippen LogP contribution in [-0.2, 0) is 20.9 Å². The highest BCUT2D eigenvalue weighted by molar-refractivity contribution is 9.10. The zero-order valence-electron chi connectivity index (χ0n) is 25.2. The van der Waals surface area contributed by atoms with Crippen molar-refractivity contribution in [1.82, 2.24) is 16.1 Å². The van der Waals surface area contributed by atoms with Crippen LogP contribution in [-0.4, -0.2) is 50.3 Å². The molecule has 0 bridgehead atoms. The molecule has 2 aliphatic heterocycles. The number of allylic oxidation sites excluding steroid dienone is 1. The Kier molecular flexibility index (Phi) is 10.6. The third-order valence-corrected chi connectivity index (χ3v) is 7.77. The molecule has 0 radical (unpaired) electrons. The average Bonchev–Trinajstić information content (AvgIpc) is 3.51. The number of rotatable bonds is 12. The van der Waals surface area contributed by atoms with Crippen molar-refractivity contribution in [3.63, 3.8) is 0 Å². The summed E-state index contributed by atoms with van der Waals surface area (Å²) in [4.78, 5) is 25.4. The molecule has 0 saturated heterocycles. The Morgan fingerprint density at radius 3 is 2.70 bits per heavy atom. The van der Waals surface area contributed by atoms with Crippen LogP contribution in [0.5, 0.6) is 28.7 Å². The van der Waals surface area contributed by atoms with Crippen LogP contribution < -0.4 is 39.7 Å². The SMILES string of the molecule is CCOC(=O)C1=C(C)NC(=S)N[C@@H]1c1ccccc1OCC(=O)NN=Cc1cc(OC)c(OCc2ccc3c(c2)OCO3)cc1Br. The molecule has 2 heterocycles. The van der Waals surface area contributed by atoms with Crippen molar-refractivity contribution < 1.29 is 38.0 Å². The van der Waals surface area contributed by atoms with Crippen LogP contribution in [0.25, 0.3) is 0 Å². The Morgan fingerprint density at radius 1 is 1.09 bits per heavy atom. The maximum atomic E-state index is 12.8. The summed E-state index contributed by atoms with van der Waals surface area (Å²) >= 11 is 8.85. The van der Waals surface area contributed by atoms with Gasteiger partial charge in [0.2, 0.25) is 6.79 Å². The molecule has 2 aliphatic rings. The number of nitrogens with one attached hydrogen (secondary N) is 3. The number of para-hydroxylation sites is 1. The number of amides is 1. The Hall–Kier alpha value is -4.82. The number of fused-ring (bicyclic) bond motifs is 1. The summed E-state index contributed by atoms with van der Waals surface area (Å²) in [5.41, 5.74) is 5.56. The van der Waals surface area contributed by atoms with E-state index in [0.29, 0.717) is 60.7 Å². The molecule has 0 saturated carbocycles. The van der Waals surface area contributed by atoms with Crippen LogP contribution in [0.15, 0.2) is 75.4 Å². The van der Waals surface area contributed by atoms with Crippen molar-refractivity contribution in [1.29, 1.82) is 0 Å². The number of hydrogen-bond acceptors (Lipinski definition) is 10. The number of carbonyl (C=O) groups excluding carboxylic acids is 2. The Bertz CT molecular complexity index is 1710. The highest BCUT2D eigenvalue weighted by Crippen LogP contribution is 2.36. The summed E-state index contributed by atoms with van der Waals surface area (Å²) in [5.74, 6) is 1.78. The Morgan fingerprint density at radius 2 is 1.89 bits per heavy atom. The number of esters is 1. The molecular weight excluding hydrogens is 680 g/mol. The molecule has 0 spiro atoms. The second-order valence-electron chi connectivity index (χ2n) is 9.91. The number of hydrogen-bond donors (Lipinski definition) is 3. The molecule has 3 N–H and O–H groups in total. The third kappa shape index (κ3) is 7.69. The van der Waals surface area contributed by atoms with Gasteiger partial charge < -0.3 is 39.1 Å². The lowest BCUT2D eigenvalue weighted by Gasteiger charge is -2.30. The first-order valence-electron chi connectivity index (χ1n) is 14.1. The molecule has 3 aromatic carbocycles. The molecule has 46 heavy (non-hydrogen) atoms. The first-order chi connectivity index (χ1) is 22.3. The normalized spacial score (nSPS) is 15.2. The van der Waals surface area contributed by atoms with Crippen LogP contribution >= 0.6 is 28.1 Å². The highest BCUT2D eigenvalue weighted by Gasteiger charge is 2.32.